The van der Waals surface area contributed by atoms with Crippen molar-refractivity contribution in [2.24, 2.45) is 0 Å². The lowest BCUT2D eigenvalue weighted by Gasteiger charge is -2.02. The molecule has 0 spiro atoms. The van der Waals surface area contributed by atoms with E-state index in [4.69, 9.17) is 0 Å². The lowest BCUT2D eigenvalue weighted by atomic mass is 10.1. The summed E-state index contributed by atoms with van der Waals surface area (Å²) in [6.07, 6.45) is 5.46. The molecule has 0 aliphatic carbocycles. The first kappa shape index (κ1) is 13.5. The van der Waals surface area contributed by atoms with Gasteiger partial charge in [0.1, 0.15) is 0 Å². The molecule has 4 aromatic rings. The minimum atomic E-state index is 0.0205. The summed E-state index contributed by atoms with van der Waals surface area (Å²) < 4.78 is 1.95. The quantitative estimate of drug-likeness (QED) is 0.530. The summed E-state index contributed by atoms with van der Waals surface area (Å²) >= 11 is 0. The number of hydrogen-bond donors (Lipinski definition) is 0. The minimum absolute atomic E-state index is 0.0205. The maximum absolute atomic E-state index is 12.9. The van der Waals surface area contributed by atoms with Crippen molar-refractivity contribution in [3.05, 3.63) is 96.6 Å². The topological polar surface area (TPSA) is 34.4 Å². The van der Waals surface area contributed by atoms with Gasteiger partial charge in [-0.25, -0.2) is 0 Å². The molecular formula is C20H14N2O. The van der Waals surface area contributed by atoms with E-state index in [1.54, 1.807) is 12.4 Å². The van der Waals surface area contributed by atoms with E-state index in [0.29, 0.717) is 11.3 Å². The third-order valence-corrected chi connectivity index (χ3v) is 3.94. The van der Waals surface area contributed by atoms with Crippen molar-refractivity contribution in [3.63, 3.8) is 0 Å². The third kappa shape index (κ3) is 2.32. The molecule has 23 heavy (non-hydrogen) atoms. The van der Waals surface area contributed by atoms with E-state index < -0.39 is 0 Å². The van der Waals surface area contributed by atoms with Crippen LogP contribution in [0.3, 0.4) is 0 Å². The molecule has 0 saturated carbocycles. The molecule has 0 bridgehead atoms. The standard InChI is InChI=1S/C20H14N2O/c23-20(16-6-2-1-3-7-16)19-14-17(15-9-11-21-12-10-15)18-8-4-5-13-22(18)19/h1-14H. The van der Waals surface area contributed by atoms with E-state index in [2.05, 4.69) is 4.98 Å². The van der Waals surface area contributed by atoms with E-state index in [-0.39, 0.29) is 5.78 Å². The molecule has 0 N–H and O–H groups in total. The average molecular weight is 298 g/mol. The van der Waals surface area contributed by atoms with Crippen LogP contribution in [0.15, 0.2) is 85.3 Å². The van der Waals surface area contributed by atoms with Crippen LogP contribution < -0.4 is 0 Å². The van der Waals surface area contributed by atoms with Crippen molar-refractivity contribution in [3.8, 4) is 11.1 Å². The number of rotatable bonds is 3. The van der Waals surface area contributed by atoms with Crippen molar-refractivity contribution < 1.29 is 4.79 Å². The number of ketones is 1. The molecule has 0 saturated heterocycles. The Bertz CT molecular complexity index is 972. The fourth-order valence-corrected chi connectivity index (χ4v) is 2.83. The first-order valence-corrected chi connectivity index (χ1v) is 7.45. The van der Waals surface area contributed by atoms with Gasteiger partial charge in [0, 0.05) is 29.7 Å². The second-order valence-electron chi connectivity index (χ2n) is 5.33. The van der Waals surface area contributed by atoms with E-state index in [1.165, 1.54) is 0 Å². The smallest absolute Gasteiger partial charge is 0.209 e. The SMILES string of the molecule is O=C(c1ccccc1)c1cc(-c2ccncc2)c2ccccn12. The summed E-state index contributed by atoms with van der Waals surface area (Å²) in [7, 11) is 0. The van der Waals surface area contributed by atoms with Gasteiger partial charge < -0.3 is 4.40 Å². The Morgan fingerprint density at radius 1 is 0.870 bits per heavy atom. The molecular weight excluding hydrogens is 284 g/mol. The van der Waals surface area contributed by atoms with Gasteiger partial charge in [-0.05, 0) is 35.9 Å². The van der Waals surface area contributed by atoms with Gasteiger partial charge in [-0.15, -0.1) is 0 Å². The summed E-state index contributed by atoms with van der Waals surface area (Å²) in [5.41, 5.74) is 4.46. The van der Waals surface area contributed by atoms with Crippen LogP contribution in [-0.2, 0) is 0 Å². The van der Waals surface area contributed by atoms with Gasteiger partial charge in [0.25, 0.3) is 0 Å². The Morgan fingerprint density at radius 3 is 2.39 bits per heavy atom. The fraction of sp³-hybridized carbons (Fsp3) is 0. The molecule has 0 atom stereocenters. The molecule has 0 amide bonds. The van der Waals surface area contributed by atoms with Crippen LogP contribution in [0.4, 0.5) is 0 Å². The number of carbonyl (C=O) groups excluding carboxylic acids is 1. The summed E-state index contributed by atoms with van der Waals surface area (Å²) in [4.78, 5) is 16.9. The van der Waals surface area contributed by atoms with Crippen molar-refractivity contribution in [1.82, 2.24) is 9.38 Å². The molecule has 1 aromatic carbocycles. The number of pyridine rings is 2. The van der Waals surface area contributed by atoms with Crippen LogP contribution in [0.1, 0.15) is 16.1 Å². The van der Waals surface area contributed by atoms with E-state index >= 15 is 0 Å². The van der Waals surface area contributed by atoms with Gasteiger partial charge >= 0.3 is 0 Å². The highest BCUT2D eigenvalue weighted by Gasteiger charge is 2.17. The number of benzene rings is 1. The van der Waals surface area contributed by atoms with E-state index in [0.717, 1.165) is 16.6 Å². The monoisotopic (exact) mass is 298 g/mol. The Balaban J connectivity index is 1.94. The van der Waals surface area contributed by atoms with Crippen molar-refractivity contribution in [2.45, 2.75) is 0 Å². The first-order chi connectivity index (χ1) is 11.3. The van der Waals surface area contributed by atoms with Crippen LogP contribution in [-0.4, -0.2) is 15.2 Å². The largest absolute Gasteiger partial charge is 0.313 e. The van der Waals surface area contributed by atoms with Gasteiger partial charge in [0.05, 0.1) is 11.2 Å². The second-order valence-corrected chi connectivity index (χ2v) is 5.33. The highest BCUT2D eigenvalue weighted by Crippen LogP contribution is 2.28. The maximum atomic E-state index is 12.9. The summed E-state index contributed by atoms with van der Waals surface area (Å²) in [6.45, 7) is 0. The average Bonchev–Trinajstić information content (AvgIpc) is 3.02. The predicted molar refractivity (Wildman–Crippen MR) is 90.5 cm³/mol. The first-order valence-electron chi connectivity index (χ1n) is 7.45. The molecule has 0 unspecified atom stereocenters. The molecule has 4 rings (SSSR count). The Morgan fingerprint density at radius 2 is 1.61 bits per heavy atom. The highest BCUT2D eigenvalue weighted by atomic mass is 16.1. The van der Waals surface area contributed by atoms with Crippen molar-refractivity contribution in [1.29, 1.82) is 0 Å². The van der Waals surface area contributed by atoms with Gasteiger partial charge in [-0.1, -0.05) is 36.4 Å². The lowest BCUT2D eigenvalue weighted by molar-refractivity contribution is 0.103. The van der Waals surface area contributed by atoms with Crippen LogP contribution >= 0.6 is 0 Å². The molecule has 0 fully saturated rings. The summed E-state index contributed by atoms with van der Waals surface area (Å²) in [5.74, 6) is 0.0205. The number of carbonyl (C=O) groups is 1. The van der Waals surface area contributed by atoms with Crippen molar-refractivity contribution >= 4 is 11.3 Å². The third-order valence-electron chi connectivity index (χ3n) is 3.94. The van der Waals surface area contributed by atoms with Crippen LogP contribution in [0.5, 0.6) is 0 Å². The molecule has 0 radical (unpaired) electrons. The van der Waals surface area contributed by atoms with Crippen LogP contribution in [0.25, 0.3) is 16.6 Å². The normalized spacial score (nSPS) is 10.8. The fourth-order valence-electron chi connectivity index (χ4n) is 2.83. The second kappa shape index (κ2) is 5.54. The molecule has 3 aromatic heterocycles. The molecule has 3 heteroatoms. The Labute approximate surface area is 133 Å². The molecule has 0 aliphatic rings. The maximum Gasteiger partial charge on any atom is 0.209 e. The Hall–Kier alpha value is -3.20. The van der Waals surface area contributed by atoms with E-state index in [1.807, 2.05) is 77.3 Å². The predicted octanol–water partition coefficient (Wildman–Crippen LogP) is 4.23. The van der Waals surface area contributed by atoms with Gasteiger partial charge in [-0.2, -0.15) is 0 Å². The van der Waals surface area contributed by atoms with E-state index in [9.17, 15) is 4.79 Å². The molecule has 110 valence electrons. The zero-order chi connectivity index (χ0) is 15.6. The molecule has 0 aliphatic heterocycles. The molecule has 3 heterocycles. The van der Waals surface area contributed by atoms with Gasteiger partial charge in [0.2, 0.25) is 5.78 Å². The van der Waals surface area contributed by atoms with Gasteiger partial charge in [0.15, 0.2) is 0 Å². The summed E-state index contributed by atoms with van der Waals surface area (Å²) in [5, 5.41) is 0. The zero-order valence-corrected chi connectivity index (χ0v) is 12.4. The number of fused-ring (bicyclic) bond motifs is 1. The number of hydrogen-bond acceptors (Lipinski definition) is 2. The van der Waals surface area contributed by atoms with Crippen molar-refractivity contribution in [2.75, 3.05) is 0 Å². The molecule has 3 nitrogen and oxygen atoms in total. The number of nitrogens with zero attached hydrogens (tertiary/aromatic N) is 2. The zero-order valence-electron chi connectivity index (χ0n) is 12.4. The van der Waals surface area contributed by atoms with Crippen LogP contribution in [0, 0.1) is 0 Å². The summed E-state index contributed by atoms with van der Waals surface area (Å²) in [6, 6.07) is 21.2. The Kier molecular flexibility index (Phi) is 3.24. The number of aromatic nitrogens is 2. The van der Waals surface area contributed by atoms with Gasteiger partial charge in [-0.3, -0.25) is 9.78 Å². The minimum Gasteiger partial charge on any atom is -0.313 e. The lowest BCUT2D eigenvalue weighted by Crippen LogP contribution is -2.04. The highest BCUT2D eigenvalue weighted by molar-refractivity contribution is 6.10. The van der Waals surface area contributed by atoms with Crippen LogP contribution in [0.2, 0.25) is 0 Å².